The van der Waals surface area contributed by atoms with Crippen molar-refractivity contribution in [2.75, 3.05) is 19.6 Å². The summed E-state index contributed by atoms with van der Waals surface area (Å²) < 4.78 is 0.965. The molecule has 1 aromatic heterocycles. The molecule has 0 saturated carbocycles. The van der Waals surface area contributed by atoms with Gasteiger partial charge in [-0.05, 0) is 37.3 Å². The number of amides is 1. The van der Waals surface area contributed by atoms with Crippen molar-refractivity contribution >= 4 is 29.0 Å². The Morgan fingerprint density at radius 3 is 3.00 bits per heavy atom. The van der Waals surface area contributed by atoms with Crippen LogP contribution in [0.5, 0.6) is 0 Å². The standard InChI is InChI=1S/C13H17N3OS2/c17-12(3-7-18-13-14-4-8-19-13)15-11-9-16-5-1-10(11)2-6-16/h3-4,7-8,10-11H,1-2,5-6,9H2,(H,15,17)/b7-3-/t11-/m0/s1. The molecule has 1 N–H and O–H groups in total. The van der Waals surface area contributed by atoms with Gasteiger partial charge in [0.2, 0.25) is 5.91 Å². The van der Waals surface area contributed by atoms with Crippen LogP contribution in [0.15, 0.2) is 27.4 Å². The van der Waals surface area contributed by atoms with Crippen LogP contribution in [0.1, 0.15) is 12.8 Å². The topological polar surface area (TPSA) is 45.2 Å². The summed E-state index contributed by atoms with van der Waals surface area (Å²) in [6.07, 6.45) is 5.84. The summed E-state index contributed by atoms with van der Waals surface area (Å²) in [7, 11) is 0. The summed E-state index contributed by atoms with van der Waals surface area (Å²) in [5.41, 5.74) is 0. The summed E-state index contributed by atoms with van der Waals surface area (Å²) in [4.78, 5) is 18.5. The molecule has 3 fully saturated rings. The minimum Gasteiger partial charge on any atom is -0.348 e. The molecule has 0 radical (unpaired) electrons. The Balaban J connectivity index is 1.47. The smallest absolute Gasteiger partial charge is 0.244 e. The SMILES string of the molecule is O=C(/C=C\Sc1nccs1)N[C@H]1CN2CCC1CC2. The van der Waals surface area contributed by atoms with Gasteiger partial charge in [-0.2, -0.15) is 0 Å². The van der Waals surface area contributed by atoms with Crippen molar-refractivity contribution in [3.05, 3.63) is 23.1 Å². The van der Waals surface area contributed by atoms with Crippen LogP contribution < -0.4 is 5.32 Å². The highest BCUT2D eigenvalue weighted by Gasteiger charge is 2.34. The number of nitrogens with zero attached hydrogens (tertiary/aromatic N) is 2. The van der Waals surface area contributed by atoms with Gasteiger partial charge in [0.15, 0.2) is 4.34 Å². The van der Waals surface area contributed by atoms with Crippen LogP contribution in [-0.2, 0) is 4.79 Å². The lowest BCUT2D eigenvalue weighted by molar-refractivity contribution is -0.118. The molecule has 6 heteroatoms. The number of thioether (sulfide) groups is 1. The Labute approximate surface area is 121 Å². The normalized spacial score (nSPS) is 29.8. The van der Waals surface area contributed by atoms with Gasteiger partial charge in [0.05, 0.1) is 0 Å². The number of nitrogens with one attached hydrogen (secondary N) is 1. The van der Waals surface area contributed by atoms with Crippen molar-refractivity contribution in [3.63, 3.8) is 0 Å². The van der Waals surface area contributed by atoms with E-state index in [-0.39, 0.29) is 5.91 Å². The molecule has 4 heterocycles. The van der Waals surface area contributed by atoms with Crippen molar-refractivity contribution in [2.24, 2.45) is 5.92 Å². The predicted octanol–water partition coefficient (Wildman–Crippen LogP) is 1.96. The van der Waals surface area contributed by atoms with Crippen molar-refractivity contribution in [3.8, 4) is 0 Å². The zero-order valence-electron chi connectivity index (χ0n) is 10.6. The average molecular weight is 295 g/mol. The molecule has 4 nitrogen and oxygen atoms in total. The van der Waals surface area contributed by atoms with Gasteiger partial charge in [0.1, 0.15) is 0 Å². The number of carbonyl (C=O) groups excluding carboxylic acids is 1. The summed E-state index contributed by atoms with van der Waals surface area (Å²) in [6.45, 7) is 3.42. The van der Waals surface area contributed by atoms with Gasteiger partial charge in [0.25, 0.3) is 0 Å². The maximum absolute atomic E-state index is 11.9. The van der Waals surface area contributed by atoms with Crippen molar-refractivity contribution in [2.45, 2.75) is 23.2 Å². The summed E-state index contributed by atoms with van der Waals surface area (Å²) >= 11 is 3.07. The highest BCUT2D eigenvalue weighted by molar-refractivity contribution is 8.03. The van der Waals surface area contributed by atoms with E-state index in [9.17, 15) is 4.79 Å². The van der Waals surface area contributed by atoms with E-state index in [4.69, 9.17) is 0 Å². The number of thiazole rings is 1. The van der Waals surface area contributed by atoms with E-state index in [2.05, 4.69) is 15.2 Å². The second kappa shape index (κ2) is 6.07. The van der Waals surface area contributed by atoms with E-state index >= 15 is 0 Å². The van der Waals surface area contributed by atoms with Crippen LogP contribution >= 0.6 is 23.1 Å². The quantitative estimate of drug-likeness (QED) is 0.681. The molecule has 0 spiro atoms. The van der Waals surface area contributed by atoms with Crippen LogP contribution in [0.4, 0.5) is 0 Å². The highest BCUT2D eigenvalue weighted by Crippen LogP contribution is 2.27. The summed E-state index contributed by atoms with van der Waals surface area (Å²) in [5, 5.41) is 6.88. The number of aromatic nitrogens is 1. The van der Waals surface area contributed by atoms with Gasteiger partial charge in [-0.3, -0.25) is 4.79 Å². The van der Waals surface area contributed by atoms with Gasteiger partial charge >= 0.3 is 0 Å². The first-order valence-electron chi connectivity index (χ1n) is 6.57. The van der Waals surface area contributed by atoms with Gasteiger partial charge < -0.3 is 10.2 Å². The molecule has 102 valence electrons. The van der Waals surface area contributed by atoms with Crippen molar-refractivity contribution in [1.82, 2.24) is 15.2 Å². The molecule has 0 aromatic carbocycles. The van der Waals surface area contributed by atoms with Crippen LogP contribution in [-0.4, -0.2) is 41.5 Å². The molecular weight excluding hydrogens is 278 g/mol. The summed E-state index contributed by atoms with van der Waals surface area (Å²) in [6, 6.07) is 0.338. The Morgan fingerprint density at radius 2 is 2.37 bits per heavy atom. The Bertz CT molecular complexity index is 452. The fourth-order valence-corrected chi connectivity index (χ4v) is 4.13. The maximum atomic E-state index is 11.9. The molecule has 3 saturated heterocycles. The number of hydrogen-bond donors (Lipinski definition) is 1. The van der Waals surface area contributed by atoms with E-state index < -0.39 is 0 Å². The van der Waals surface area contributed by atoms with Gasteiger partial charge in [-0.15, -0.1) is 11.3 Å². The number of piperidine rings is 3. The number of carbonyl (C=O) groups is 1. The Morgan fingerprint density at radius 1 is 1.53 bits per heavy atom. The zero-order valence-corrected chi connectivity index (χ0v) is 12.3. The zero-order chi connectivity index (χ0) is 13.1. The first kappa shape index (κ1) is 13.1. The van der Waals surface area contributed by atoms with E-state index in [0.717, 1.165) is 10.9 Å². The summed E-state index contributed by atoms with van der Waals surface area (Å²) in [5.74, 6) is 0.691. The number of rotatable bonds is 4. The highest BCUT2D eigenvalue weighted by atomic mass is 32.2. The fraction of sp³-hybridized carbons (Fsp3) is 0.538. The first-order valence-corrected chi connectivity index (χ1v) is 8.33. The number of fused-ring (bicyclic) bond motifs is 3. The van der Waals surface area contributed by atoms with Gasteiger partial charge in [-0.1, -0.05) is 11.8 Å². The molecule has 19 heavy (non-hydrogen) atoms. The maximum Gasteiger partial charge on any atom is 0.244 e. The Kier molecular flexibility index (Phi) is 4.20. The molecular formula is C13H17N3OS2. The van der Waals surface area contributed by atoms with Crippen LogP contribution in [0, 0.1) is 5.92 Å². The largest absolute Gasteiger partial charge is 0.348 e. The molecule has 2 bridgehead atoms. The van der Waals surface area contributed by atoms with Gasteiger partial charge in [0, 0.05) is 30.2 Å². The molecule has 3 aliphatic rings. The third-order valence-corrected chi connectivity index (χ3v) is 5.50. The van der Waals surface area contributed by atoms with Crippen LogP contribution in [0.25, 0.3) is 0 Å². The molecule has 0 aliphatic carbocycles. The lowest BCUT2D eigenvalue weighted by Gasteiger charge is -2.44. The lowest BCUT2D eigenvalue weighted by Crippen LogP contribution is -2.57. The molecule has 3 aliphatic heterocycles. The molecule has 1 aromatic rings. The van der Waals surface area contributed by atoms with E-state index in [1.165, 1.54) is 37.7 Å². The third kappa shape index (κ3) is 3.38. The molecule has 1 atom stereocenters. The Hall–Kier alpha value is -0.850. The monoisotopic (exact) mass is 295 g/mol. The fourth-order valence-electron chi connectivity index (χ4n) is 2.78. The molecule has 1 amide bonds. The van der Waals surface area contributed by atoms with Gasteiger partial charge in [-0.25, -0.2) is 4.98 Å². The first-order chi connectivity index (χ1) is 9.31. The van der Waals surface area contributed by atoms with E-state index in [1.54, 1.807) is 23.6 Å². The average Bonchev–Trinajstić information content (AvgIpc) is 2.93. The van der Waals surface area contributed by atoms with E-state index in [0.29, 0.717) is 12.0 Å². The minimum absolute atomic E-state index is 0.0165. The van der Waals surface area contributed by atoms with Crippen LogP contribution in [0.3, 0.4) is 0 Å². The second-order valence-electron chi connectivity index (χ2n) is 4.97. The third-order valence-electron chi connectivity index (χ3n) is 3.78. The van der Waals surface area contributed by atoms with Crippen molar-refractivity contribution in [1.29, 1.82) is 0 Å². The molecule has 4 rings (SSSR count). The van der Waals surface area contributed by atoms with Crippen LogP contribution in [0.2, 0.25) is 0 Å². The van der Waals surface area contributed by atoms with E-state index in [1.807, 2.05) is 10.8 Å². The predicted molar refractivity (Wildman–Crippen MR) is 78.2 cm³/mol. The second-order valence-corrected chi connectivity index (χ2v) is 7.02. The lowest BCUT2D eigenvalue weighted by atomic mass is 9.84. The number of hydrogen-bond acceptors (Lipinski definition) is 5. The van der Waals surface area contributed by atoms with Crippen molar-refractivity contribution < 1.29 is 4.79 Å². The minimum atomic E-state index is 0.0165. The molecule has 0 unspecified atom stereocenters.